The first kappa shape index (κ1) is 15.2. The van der Waals surface area contributed by atoms with Gasteiger partial charge in [-0.2, -0.15) is 0 Å². The third-order valence-corrected chi connectivity index (χ3v) is 4.62. The molecular weight excluding hydrogens is 274 g/mol. The molecule has 2 rings (SSSR count). The maximum atomic E-state index is 12.5. The van der Waals surface area contributed by atoms with Gasteiger partial charge in [-0.15, -0.1) is 11.3 Å². The number of nitrogens with one attached hydrogen (secondary N) is 1. The van der Waals surface area contributed by atoms with Crippen molar-refractivity contribution in [3.8, 4) is 0 Å². The van der Waals surface area contributed by atoms with E-state index in [4.69, 9.17) is 0 Å². The Bertz CT molecular complexity index is 438. The Morgan fingerprint density at radius 3 is 2.80 bits per heavy atom. The smallest absolute Gasteiger partial charge is 0.305 e. The van der Waals surface area contributed by atoms with Crippen LogP contribution in [0.3, 0.4) is 0 Å². The molecule has 1 unspecified atom stereocenters. The zero-order valence-electron chi connectivity index (χ0n) is 11.8. The molecule has 0 spiro atoms. The molecule has 1 aliphatic rings. The number of rotatable bonds is 7. The summed E-state index contributed by atoms with van der Waals surface area (Å²) in [5.74, 6) is -0.169. The normalized spacial score (nSPS) is 17.1. The van der Waals surface area contributed by atoms with E-state index in [9.17, 15) is 9.59 Å². The van der Waals surface area contributed by atoms with E-state index in [0.717, 1.165) is 17.7 Å². The fraction of sp³-hybridized carbons (Fsp3) is 0.600. The van der Waals surface area contributed by atoms with Crippen molar-refractivity contribution in [2.75, 3.05) is 7.11 Å². The Morgan fingerprint density at radius 2 is 2.20 bits per heavy atom. The van der Waals surface area contributed by atoms with Gasteiger partial charge in [-0.25, -0.2) is 0 Å². The van der Waals surface area contributed by atoms with Crippen LogP contribution < -0.4 is 5.32 Å². The minimum absolute atomic E-state index is 0.0933. The van der Waals surface area contributed by atoms with Gasteiger partial charge in [0.2, 0.25) is 0 Å². The zero-order valence-corrected chi connectivity index (χ0v) is 12.6. The average Bonchev–Trinajstić information content (AvgIpc) is 3.14. The maximum Gasteiger partial charge on any atom is 0.305 e. The van der Waals surface area contributed by atoms with Crippen molar-refractivity contribution in [2.45, 2.75) is 50.6 Å². The molecule has 0 saturated heterocycles. The first-order chi connectivity index (χ1) is 9.70. The topological polar surface area (TPSA) is 55.4 Å². The van der Waals surface area contributed by atoms with Crippen LogP contribution in [0, 0.1) is 0 Å². The number of hydrogen-bond acceptors (Lipinski definition) is 5. The summed E-state index contributed by atoms with van der Waals surface area (Å²) in [6, 6.07) is 3.84. The Balaban J connectivity index is 1.98. The van der Waals surface area contributed by atoms with E-state index in [0.29, 0.717) is 12.5 Å². The standard InChI is InChI=1S/C15H21NO3S/c1-19-14(17)9-8-12(16-11-5-2-3-6-11)15(18)13-7-4-10-20-13/h4,7,10-12,16H,2-3,5-6,8-9H2,1H3. The highest BCUT2D eigenvalue weighted by Gasteiger charge is 2.26. The minimum atomic E-state index is -0.282. The van der Waals surface area contributed by atoms with Gasteiger partial charge in [0.25, 0.3) is 0 Å². The molecule has 1 aromatic heterocycles. The predicted molar refractivity (Wildman–Crippen MR) is 79.1 cm³/mol. The van der Waals surface area contributed by atoms with Crippen molar-refractivity contribution in [3.05, 3.63) is 22.4 Å². The molecule has 1 saturated carbocycles. The first-order valence-corrected chi connectivity index (χ1v) is 7.99. The lowest BCUT2D eigenvalue weighted by molar-refractivity contribution is -0.140. The molecule has 20 heavy (non-hydrogen) atoms. The summed E-state index contributed by atoms with van der Waals surface area (Å²) >= 11 is 1.45. The summed E-state index contributed by atoms with van der Waals surface area (Å²) in [6.07, 6.45) is 5.44. The highest BCUT2D eigenvalue weighted by Crippen LogP contribution is 2.21. The van der Waals surface area contributed by atoms with Crippen LogP contribution in [0.15, 0.2) is 17.5 Å². The molecule has 0 radical (unpaired) electrons. The maximum absolute atomic E-state index is 12.5. The van der Waals surface area contributed by atoms with Crippen LogP contribution in [0.5, 0.6) is 0 Å². The van der Waals surface area contributed by atoms with E-state index in [2.05, 4.69) is 10.1 Å². The molecule has 5 heteroatoms. The number of thiophene rings is 1. The third kappa shape index (κ3) is 4.15. The largest absolute Gasteiger partial charge is 0.469 e. The highest BCUT2D eigenvalue weighted by molar-refractivity contribution is 7.12. The van der Waals surface area contributed by atoms with E-state index >= 15 is 0 Å². The van der Waals surface area contributed by atoms with E-state index in [-0.39, 0.29) is 24.2 Å². The summed E-state index contributed by atoms with van der Waals surface area (Å²) in [7, 11) is 1.38. The molecule has 1 aliphatic carbocycles. The van der Waals surface area contributed by atoms with Gasteiger partial charge in [-0.05, 0) is 30.7 Å². The number of ketones is 1. The Morgan fingerprint density at radius 1 is 1.45 bits per heavy atom. The van der Waals surface area contributed by atoms with Crippen molar-refractivity contribution in [1.29, 1.82) is 0 Å². The molecule has 1 atom stereocenters. The quantitative estimate of drug-likeness (QED) is 0.621. The molecule has 0 amide bonds. The molecule has 0 bridgehead atoms. The Hall–Kier alpha value is -1.20. The van der Waals surface area contributed by atoms with Crippen molar-refractivity contribution in [1.82, 2.24) is 5.32 Å². The van der Waals surface area contributed by atoms with Gasteiger partial charge in [-0.1, -0.05) is 18.9 Å². The summed E-state index contributed by atoms with van der Waals surface area (Å²) < 4.78 is 4.67. The molecule has 1 heterocycles. The van der Waals surface area contributed by atoms with E-state index in [1.165, 1.54) is 31.3 Å². The van der Waals surface area contributed by atoms with E-state index < -0.39 is 0 Å². The molecule has 0 aromatic carbocycles. The summed E-state index contributed by atoms with van der Waals surface area (Å²) in [4.78, 5) is 24.5. The fourth-order valence-corrected chi connectivity index (χ4v) is 3.34. The van der Waals surface area contributed by atoms with Crippen molar-refractivity contribution < 1.29 is 14.3 Å². The Labute approximate surface area is 123 Å². The SMILES string of the molecule is COC(=O)CCC(NC1CCCC1)C(=O)c1cccs1. The Kier molecular flexibility index (Phi) is 5.73. The second-order valence-electron chi connectivity index (χ2n) is 5.16. The first-order valence-electron chi connectivity index (χ1n) is 7.11. The number of Topliss-reactive ketones (excluding diaryl/α,β-unsaturated/α-hetero) is 1. The van der Waals surface area contributed by atoms with Gasteiger partial charge >= 0.3 is 5.97 Å². The van der Waals surface area contributed by atoms with Gasteiger partial charge in [0, 0.05) is 12.5 Å². The minimum Gasteiger partial charge on any atom is -0.469 e. The number of esters is 1. The van der Waals surface area contributed by atoms with Crippen LogP contribution in [0.1, 0.15) is 48.2 Å². The summed E-state index contributed by atoms with van der Waals surface area (Å²) in [5, 5.41) is 5.34. The number of methoxy groups -OCH3 is 1. The van der Waals surface area contributed by atoms with E-state index in [1.54, 1.807) is 0 Å². The molecule has 1 fully saturated rings. The number of carbonyl (C=O) groups excluding carboxylic acids is 2. The van der Waals surface area contributed by atoms with Gasteiger partial charge < -0.3 is 10.1 Å². The van der Waals surface area contributed by atoms with Crippen molar-refractivity contribution in [3.63, 3.8) is 0 Å². The van der Waals surface area contributed by atoms with Crippen LogP contribution in [0.4, 0.5) is 0 Å². The highest BCUT2D eigenvalue weighted by atomic mass is 32.1. The monoisotopic (exact) mass is 295 g/mol. The van der Waals surface area contributed by atoms with Crippen LogP contribution in [0.25, 0.3) is 0 Å². The lowest BCUT2D eigenvalue weighted by Gasteiger charge is -2.21. The fourth-order valence-electron chi connectivity index (χ4n) is 2.62. The van der Waals surface area contributed by atoms with E-state index in [1.807, 2.05) is 17.5 Å². The number of carbonyl (C=O) groups is 2. The predicted octanol–water partition coefficient (Wildman–Crippen LogP) is 2.78. The van der Waals surface area contributed by atoms with Gasteiger partial charge in [-0.3, -0.25) is 9.59 Å². The van der Waals surface area contributed by atoms with Crippen molar-refractivity contribution in [2.24, 2.45) is 0 Å². The van der Waals surface area contributed by atoms with Crippen molar-refractivity contribution >= 4 is 23.1 Å². The van der Waals surface area contributed by atoms with Crippen LogP contribution in [-0.2, 0) is 9.53 Å². The second-order valence-corrected chi connectivity index (χ2v) is 6.10. The van der Waals surface area contributed by atoms with Gasteiger partial charge in [0.05, 0.1) is 18.0 Å². The van der Waals surface area contributed by atoms with Crippen LogP contribution in [-0.4, -0.2) is 30.9 Å². The molecule has 1 N–H and O–H groups in total. The molecule has 0 aliphatic heterocycles. The second kappa shape index (κ2) is 7.55. The average molecular weight is 295 g/mol. The van der Waals surface area contributed by atoms with Gasteiger partial charge in [0.1, 0.15) is 0 Å². The number of ether oxygens (including phenoxy) is 1. The molecule has 1 aromatic rings. The summed E-state index contributed by atoms with van der Waals surface area (Å²) in [5.41, 5.74) is 0. The van der Waals surface area contributed by atoms with Crippen LogP contribution >= 0.6 is 11.3 Å². The lowest BCUT2D eigenvalue weighted by Crippen LogP contribution is -2.42. The zero-order chi connectivity index (χ0) is 14.4. The molecule has 4 nitrogen and oxygen atoms in total. The van der Waals surface area contributed by atoms with Gasteiger partial charge in [0.15, 0.2) is 5.78 Å². The summed E-state index contributed by atoms with van der Waals surface area (Å²) in [6.45, 7) is 0. The third-order valence-electron chi connectivity index (χ3n) is 3.74. The molecule has 110 valence electrons. The van der Waals surface area contributed by atoms with Crippen LogP contribution in [0.2, 0.25) is 0 Å². The molecular formula is C15H21NO3S. The number of hydrogen-bond donors (Lipinski definition) is 1. The lowest BCUT2D eigenvalue weighted by atomic mass is 10.0.